The fraction of sp³-hybridized carbons (Fsp3) is 0.909. The van der Waals surface area contributed by atoms with Crippen molar-refractivity contribution in [3.05, 3.63) is 0 Å². The smallest absolute Gasteiger partial charge is 0.127 e. The van der Waals surface area contributed by atoms with Gasteiger partial charge in [0.15, 0.2) is 0 Å². The van der Waals surface area contributed by atoms with Gasteiger partial charge in [0, 0.05) is 0 Å². The van der Waals surface area contributed by atoms with Gasteiger partial charge in [-0.05, 0) is 51.4 Å². The summed E-state index contributed by atoms with van der Waals surface area (Å²) in [6, 6.07) is 0. The van der Waals surface area contributed by atoms with E-state index in [1.165, 1.54) is 63.5 Å². The maximum Gasteiger partial charge on any atom is 0.127 e. The van der Waals surface area contributed by atoms with Crippen LogP contribution in [0.25, 0.3) is 0 Å². The van der Waals surface area contributed by atoms with E-state index in [0.717, 1.165) is 0 Å². The summed E-state index contributed by atoms with van der Waals surface area (Å²) in [6.45, 7) is 0. The molecule has 0 aromatic rings. The lowest BCUT2D eigenvalue weighted by molar-refractivity contribution is 0.0324. The summed E-state index contributed by atoms with van der Waals surface area (Å²) in [5, 5.41) is 4.26. The Hall–Kier alpha value is -0.530. The lowest BCUT2D eigenvalue weighted by Gasteiger charge is -2.19. The molecule has 2 heteroatoms. The zero-order valence-electron chi connectivity index (χ0n) is 8.30. The molecule has 0 spiro atoms. The van der Waals surface area contributed by atoms with E-state index in [9.17, 15) is 0 Å². The Labute approximate surface area is 80.3 Å². The van der Waals surface area contributed by atoms with E-state index >= 15 is 0 Å². The standard InChI is InChI=1S/C11H19NO/c1-2-8-11(9-3-1)13-12-10-6-4-5-7-10/h11H,1-9H2. The molecule has 0 N–H and O–H groups in total. The van der Waals surface area contributed by atoms with Gasteiger partial charge in [-0.1, -0.05) is 11.6 Å². The van der Waals surface area contributed by atoms with E-state index in [1.807, 2.05) is 0 Å². The molecule has 2 nitrogen and oxygen atoms in total. The summed E-state index contributed by atoms with van der Waals surface area (Å²) in [6.07, 6.45) is 11.9. The third kappa shape index (κ3) is 2.71. The molecule has 13 heavy (non-hydrogen) atoms. The maximum absolute atomic E-state index is 5.55. The van der Waals surface area contributed by atoms with Gasteiger partial charge in [-0.2, -0.15) is 0 Å². The summed E-state index contributed by atoms with van der Waals surface area (Å²) in [7, 11) is 0. The van der Waals surface area contributed by atoms with E-state index < -0.39 is 0 Å². The Morgan fingerprint density at radius 2 is 1.62 bits per heavy atom. The van der Waals surface area contributed by atoms with E-state index in [0.29, 0.717) is 6.10 Å². The fourth-order valence-corrected chi connectivity index (χ4v) is 2.19. The largest absolute Gasteiger partial charge is 0.393 e. The zero-order valence-corrected chi connectivity index (χ0v) is 8.30. The number of nitrogens with zero attached hydrogens (tertiary/aromatic N) is 1. The Morgan fingerprint density at radius 1 is 0.923 bits per heavy atom. The first kappa shape index (κ1) is 9.04. The molecule has 2 rings (SSSR count). The normalized spacial score (nSPS) is 24.8. The second kappa shape index (κ2) is 4.64. The van der Waals surface area contributed by atoms with Crippen molar-refractivity contribution in [1.29, 1.82) is 0 Å². The van der Waals surface area contributed by atoms with Gasteiger partial charge in [0.25, 0.3) is 0 Å². The third-order valence-electron chi connectivity index (χ3n) is 3.06. The SMILES string of the molecule is C1CCC(ON=C2CCCC2)CC1. The van der Waals surface area contributed by atoms with Crippen molar-refractivity contribution in [2.75, 3.05) is 0 Å². The average molecular weight is 181 g/mol. The Balaban J connectivity index is 1.73. The second-order valence-corrected chi connectivity index (χ2v) is 4.23. The van der Waals surface area contributed by atoms with Gasteiger partial charge < -0.3 is 4.84 Å². The van der Waals surface area contributed by atoms with Gasteiger partial charge >= 0.3 is 0 Å². The Bertz CT molecular complexity index is 175. The van der Waals surface area contributed by atoms with Crippen molar-refractivity contribution in [2.24, 2.45) is 5.16 Å². The fourth-order valence-electron chi connectivity index (χ4n) is 2.19. The van der Waals surface area contributed by atoms with Crippen LogP contribution < -0.4 is 0 Å². The van der Waals surface area contributed by atoms with Gasteiger partial charge in [0.1, 0.15) is 6.10 Å². The van der Waals surface area contributed by atoms with Crippen LogP contribution in [-0.2, 0) is 4.84 Å². The van der Waals surface area contributed by atoms with Crippen LogP contribution in [0, 0.1) is 0 Å². The van der Waals surface area contributed by atoms with Crippen LogP contribution in [-0.4, -0.2) is 11.8 Å². The highest BCUT2D eigenvalue weighted by Crippen LogP contribution is 2.21. The van der Waals surface area contributed by atoms with Crippen molar-refractivity contribution >= 4 is 5.71 Å². The molecule has 0 aliphatic heterocycles. The lowest BCUT2D eigenvalue weighted by atomic mass is 9.98. The number of hydrogen-bond donors (Lipinski definition) is 0. The molecule has 0 aromatic heterocycles. The summed E-state index contributed by atoms with van der Waals surface area (Å²) < 4.78 is 0. The third-order valence-corrected chi connectivity index (χ3v) is 3.06. The van der Waals surface area contributed by atoms with Gasteiger partial charge in [0.2, 0.25) is 0 Å². The first-order valence-electron chi connectivity index (χ1n) is 5.67. The van der Waals surface area contributed by atoms with Gasteiger partial charge in [-0.25, -0.2) is 0 Å². The van der Waals surface area contributed by atoms with Crippen molar-refractivity contribution in [3.63, 3.8) is 0 Å². The number of hydrogen-bond acceptors (Lipinski definition) is 2. The van der Waals surface area contributed by atoms with Crippen molar-refractivity contribution < 1.29 is 4.84 Å². The van der Waals surface area contributed by atoms with Crippen LogP contribution in [0.5, 0.6) is 0 Å². The zero-order chi connectivity index (χ0) is 8.93. The minimum absolute atomic E-state index is 0.432. The van der Waals surface area contributed by atoms with Gasteiger partial charge in [-0.15, -0.1) is 0 Å². The quantitative estimate of drug-likeness (QED) is 0.599. The molecule has 2 aliphatic carbocycles. The van der Waals surface area contributed by atoms with E-state index in [-0.39, 0.29) is 0 Å². The molecular formula is C11H19NO. The summed E-state index contributed by atoms with van der Waals surface area (Å²) >= 11 is 0. The molecule has 2 aliphatic rings. The molecule has 0 aromatic carbocycles. The summed E-state index contributed by atoms with van der Waals surface area (Å²) in [4.78, 5) is 5.55. The lowest BCUT2D eigenvalue weighted by Crippen LogP contribution is -2.14. The molecule has 0 unspecified atom stereocenters. The van der Waals surface area contributed by atoms with Crippen molar-refractivity contribution in [2.45, 2.75) is 63.9 Å². The molecular weight excluding hydrogens is 162 g/mol. The van der Waals surface area contributed by atoms with Gasteiger partial charge in [-0.3, -0.25) is 0 Å². The first-order valence-corrected chi connectivity index (χ1v) is 5.67. The van der Waals surface area contributed by atoms with Crippen LogP contribution in [0.1, 0.15) is 57.8 Å². The molecule has 0 heterocycles. The minimum Gasteiger partial charge on any atom is -0.393 e. The van der Waals surface area contributed by atoms with Crippen LogP contribution in [0.15, 0.2) is 5.16 Å². The molecule has 0 amide bonds. The minimum atomic E-state index is 0.432. The van der Waals surface area contributed by atoms with E-state index in [4.69, 9.17) is 4.84 Å². The monoisotopic (exact) mass is 181 g/mol. The van der Waals surface area contributed by atoms with Crippen LogP contribution in [0.3, 0.4) is 0 Å². The Morgan fingerprint density at radius 3 is 2.31 bits per heavy atom. The van der Waals surface area contributed by atoms with Crippen molar-refractivity contribution in [1.82, 2.24) is 0 Å². The van der Waals surface area contributed by atoms with Crippen LogP contribution in [0.4, 0.5) is 0 Å². The topological polar surface area (TPSA) is 21.6 Å². The molecule has 0 atom stereocenters. The Kier molecular flexibility index (Phi) is 3.22. The first-order chi connectivity index (χ1) is 6.45. The highest BCUT2D eigenvalue weighted by atomic mass is 16.6. The summed E-state index contributed by atoms with van der Waals surface area (Å²) in [5.74, 6) is 0. The predicted molar refractivity (Wildman–Crippen MR) is 53.9 cm³/mol. The van der Waals surface area contributed by atoms with Crippen LogP contribution >= 0.6 is 0 Å². The van der Waals surface area contributed by atoms with E-state index in [1.54, 1.807) is 0 Å². The summed E-state index contributed by atoms with van der Waals surface area (Å²) in [5.41, 5.74) is 1.30. The molecule has 0 bridgehead atoms. The van der Waals surface area contributed by atoms with Crippen molar-refractivity contribution in [3.8, 4) is 0 Å². The number of oxime groups is 1. The average Bonchev–Trinajstić information content (AvgIpc) is 2.69. The van der Waals surface area contributed by atoms with E-state index in [2.05, 4.69) is 5.16 Å². The van der Waals surface area contributed by atoms with Crippen LogP contribution in [0.2, 0.25) is 0 Å². The highest BCUT2D eigenvalue weighted by Gasteiger charge is 2.15. The van der Waals surface area contributed by atoms with Gasteiger partial charge in [0.05, 0.1) is 5.71 Å². The second-order valence-electron chi connectivity index (χ2n) is 4.23. The molecule has 2 fully saturated rings. The molecule has 74 valence electrons. The highest BCUT2D eigenvalue weighted by molar-refractivity contribution is 5.85. The number of rotatable bonds is 2. The molecule has 2 saturated carbocycles. The molecule has 0 radical (unpaired) electrons. The predicted octanol–water partition coefficient (Wildman–Crippen LogP) is 3.27. The maximum atomic E-state index is 5.55. The molecule has 0 saturated heterocycles.